The minimum absolute atomic E-state index is 0.127. The van der Waals surface area contributed by atoms with E-state index in [-0.39, 0.29) is 11.7 Å². The molecule has 6 heteroatoms. The third-order valence-corrected chi connectivity index (χ3v) is 3.79. The van der Waals surface area contributed by atoms with Crippen molar-refractivity contribution < 1.29 is 9.31 Å². The van der Waals surface area contributed by atoms with Crippen molar-refractivity contribution in [1.29, 1.82) is 0 Å². The van der Waals surface area contributed by atoms with Gasteiger partial charge in [-0.2, -0.15) is 0 Å². The van der Waals surface area contributed by atoms with Gasteiger partial charge in [0.05, 0.1) is 11.0 Å². The van der Waals surface area contributed by atoms with Gasteiger partial charge in [-0.1, -0.05) is 6.07 Å². The van der Waals surface area contributed by atoms with Crippen LogP contribution >= 0.6 is 11.3 Å². The van der Waals surface area contributed by atoms with Crippen molar-refractivity contribution in [3.05, 3.63) is 62.1 Å². The summed E-state index contributed by atoms with van der Waals surface area (Å²) in [6, 6.07) is 7.72. The molecule has 1 aromatic carbocycles. The fourth-order valence-corrected chi connectivity index (χ4v) is 2.51. The minimum Gasteiger partial charge on any atom is -0.305 e. The lowest BCUT2D eigenvalue weighted by atomic mass is 10.1. The maximum atomic E-state index is 13.3. The Morgan fingerprint density at radius 3 is 2.89 bits per heavy atom. The number of halogens is 1. The molecule has 0 radical (unpaired) electrons. The first-order chi connectivity index (χ1) is 9.06. The number of rotatable bonds is 5. The molecule has 4 nitrogen and oxygen atoms in total. The van der Waals surface area contributed by atoms with Crippen LogP contribution in [0.3, 0.4) is 0 Å². The number of nitro groups is 1. The Hall–Kier alpha value is -1.79. The first-order valence-electron chi connectivity index (χ1n) is 5.77. The van der Waals surface area contributed by atoms with E-state index in [4.69, 9.17) is 0 Å². The molecule has 1 N–H and O–H groups in total. The fourth-order valence-electron chi connectivity index (χ4n) is 1.75. The van der Waals surface area contributed by atoms with Gasteiger partial charge in [-0.05, 0) is 30.0 Å². The Labute approximate surface area is 114 Å². The van der Waals surface area contributed by atoms with Crippen LogP contribution in [0.1, 0.15) is 23.4 Å². The second kappa shape index (κ2) is 5.90. The SMILES string of the molecule is C[C@@H](NCc1cc(F)cc([N+](=O)[O-])c1)c1cccs1. The number of hydrogen-bond donors (Lipinski definition) is 1. The van der Waals surface area contributed by atoms with Gasteiger partial charge >= 0.3 is 0 Å². The third-order valence-electron chi connectivity index (χ3n) is 2.74. The van der Waals surface area contributed by atoms with Gasteiger partial charge in [-0.25, -0.2) is 4.39 Å². The normalized spacial score (nSPS) is 12.3. The molecule has 2 rings (SSSR count). The van der Waals surface area contributed by atoms with Crippen LogP contribution in [0, 0.1) is 15.9 Å². The predicted octanol–water partition coefficient (Wildman–Crippen LogP) is 3.65. The van der Waals surface area contributed by atoms with E-state index >= 15 is 0 Å². The molecular weight excluding hydrogens is 267 g/mol. The molecule has 19 heavy (non-hydrogen) atoms. The summed E-state index contributed by atoms with van der Waals surface area (Å²) < 4.78 is 13.3. The Balaban J connectivity index is 2.05. The lowest BCUT2D eigenvalue weighted by Crippen LogP contribution is -2.17. The van der Waals surface area contributed by atoms with Crippen LogP contribution in [-0.2, 0) is 6.54 Å². The van der Waals surface area contributed by atoms with Crippen molar-refractivity contribution in [3.8, 4) is 0 Å². The van der Waals surface area contributed by atoms with Gasteiger partial charge in [-0.3, -0.25) is 10.1 Å². The molecule has 0 fully saturated rings. The molecule has 2 aromatic rings. The highest BCUT2D eigenvalue weighted by atomic mass is 32.1. The van der Waals surface area contributed by atoms with E-state index in [1.54, 1.807) is 11.3 Å². The lowest BCUT2D eigenvalue weighted by Gasteiger charge is -2.12. The average molecular weight is 280 g/mol. The Morgan fingerprint density at radius 2 is 2.26 bits per heavy atom. The Morgan fingerprint density at radius 1 is 1.47 bits per heavy atom. The number of benzene rings is 1. The maximum absolute atomic E-state index is 13.3. The van der Waals surface area contributed by atoms with Crippen molar-refractivity contribution in [2.75, 3.05) is 0 Å². The monoisotopic (exact) mass is 280 g/mol. The van der Waals surface area contributed by atoms with Gasteiger partial charge < -0.3 is 5.32 Å². The number of hydrogen-bond acceptors (Lipinski definition) is 4. The van der Waals surface area contributed by atoms with Crippen LogP contribution in [0.2, 0.25) is 0 Å². The molecule has 0 aliphatic carbocycles. The van der Waals surface area contributed by atoms with E-state index in [2.05, 4.69) is 5.32 Å². The molecule has 0 saturated carbocycles. The van der Waals surface area contributed by atoms with E-state index < -0.39 is 10.7 Å². The van der Waals surface area contributed by atoms with Gasteiger partial charge in [0.25, 0.3) is 5.69 Å². The highest BCUT2D eigenvalue weighted by molar-refractivity contribution is 7.10. The lowest BCUT2D eigenvalue weighted by molar-refractivity contribution is -0.385. The molecule has 0 spiro atoms. The Kier molecular flexibility index (Phi) is 4.24. The molecule has 100 valence electrons. The molecule has 1 atom stereocenters. The van der Waals surface area contributed by atoms with Crippen LogP contribution in [-0.4, -0.2) is 4.92 Å². The highest BCUT2D eigenvalue weighted by Crippen LogP contribution is 2.20. The smallest absolute Gasteiger partial charge is 0.272 e. The summed E-state index contributed by atoms with van der Waals surface area (Å²) >= 11 is 1.63. The number of nitrogens with zero attached hydrogens (tertiary/aromatic N) is 1. The van der Waals surface area contributed by atoms with Crippen molar-refractivity contribution in [2.24, 2.45) is 0 Å². The van der Waals surface area contributed by atoms with Crippen molar-refractivity contribution in [2.45, 2.75) is 19.5 Å². The summed E-state index contributed by atoms with van der Waals surface area (Å²) in [7, 11) is 0. The van der Waals surface area contributed by atoms with E-state index in [0.29, 0.717) is 12.1 Å². The van der Waals surface area contributed by atoms with Crippen LogP contribution < -0.4 is 5.32 Å². The molecular formula is C13H13FN2O2S. The van der Waals surface area contributed by atoms with Gasteiger partial charge in [-0.15, -0.1) is 11.3 Å². The third kappa shape index (κ3) is 3.59. The molecule has 1 aromatic heterocycles. The van der Waals surface area contributed by atoms with Crippen LogP contribution in [0.5, 0.6) is 0 Å². The van der Waals surface area contributed by atoms with Crippen LogP contribution in [0.15, 0.2) is 35.7 Å². The molecule has 1 heterocycles. The minimum atomic E-state index is -0.588. The molecule has 0 amide bonds. The zero-order chi connectivity index (χ0) is 13.8. The number of non-ortho nitro benzene ring substituents is 1. The van der Waals surface area contributed by atoms with E-state index in [9.17, 15) is 14.5 Å². The topological polar surface area (TPSA) is 55.2 Å². The van der Waals surface area contributed by atoms with Gasteiger partial charge in [0, 0.05) is 23.5 Å². The number of nitro benzene ring substituents is 1. The summed E-state index contributed by atoms with van der Waals surface area (Å²) in [5.41, 5.74) is 0.343. The molecule has 0 aliphatic rings. The predicted molar refractivity (Wildman–Crippen MR) is 72.6 cm³/mol. The molecule has 0 unspecified atom stereocenters. The zero-order valence-electron chi connectivity index (χ0n) is 10.3. The second-order valence-corrected chi connectivity index (χ2v) is 5.17. The first kappa shape index (κ1) is 13.6. The Bertz CT molecular complexity index is 572. The standard InChI is InChI=1S/C13H13FN2O2S/c1-9(13-3-2-4-19-13)15-8-10-5-11(14)7-12(6-10)16(17)18/h2-7,9,15H,8H2,1H3/t9-/m1/s1. The van der Waals surface area contributed by atoms with Crippen molar-refractivity contribution >= 4 is 17.0 Å². The summed E-state index contributed by atoms with van der Waals surface area (Å²) in [5.74, 6) is -0.588. The quantitative estimate of drug-likeness (QED) is 0.672. The first-order valence-corrected chi connectivity index (χ1v) is 6.65. The van der Waals surface area contributed by atoms with E-state index in [1.165, 1.54) is 17.0 Å². The summed E-state index contributed by atoms with van der Waals surface area (Å²) in [5, 5.41) is 15.9. The zero-order valence-corrected chi connectivity index (χ0v) is 11.1. The molecule has 0 aliphatic heterocycles. The van der Waals surface area contributed by atoms with E-state index in [1.807, 2.05) is 24.4 Å². The molecule has 0 saturated heterocycles. The second-order valence-electron chi connectivity index (χ2n) is 4.19. The largest absolute Gasteiger partial charge is 0.305 e. The highest BCUT2D eigenvalue weighted by Gasteiger charge is 2.11. The fraction of sp³-hybridized carbons (Fsp3) is 0.231. The number of thiophene rings is 1. The van der Waals surface area contributed by atoms with E-state index in [0.717, 1.165) is 6.07 Å². The van der Waals surface area contributed by atoms with Crippen LogP contribution in [0.25, 0.3) is 0 Å². The average Bonchev–Trinajstić information content (AvgIpc) is 2.89. The van der Waals surface area contributed by atoms with Crippen molar-refractivity contribution in [1.82, 2.24) is 5.32 Å². The van der Waals surface area contributed by atoms with Gasteiger partial charge in [0.1, 0.15) is 5.82 Å². The maximum Gasteiger partial charge on any atom is 0.272 e. The summed E-state index contributed by atoms with van der Waals surface area (Å²) in [6.07, 6.45) is 0. The van der Waals surface area contributed by atoms with Crippen LogP contribution in [0.4, 0.5) is 10.1 Å². The van der Waals surface area contributed by atoms with Gasteiger partial charge in [0.2, 0.25) is 0 Å². The van der Waals surface area contributed by atoms with Crippen molar-refractivity contribution in [3.63, 3.8) is 0 Å². The molecule has 0 bridgehead atoms. The number of nitrogens with one attached hydrogen (secondary N) is 1. The van der Waals surface area contributed by atoms with Gasteiger partial charge in [0.15, 0.2) is 0 Å². The summed E-state index contributed by atoms with van der Waals surface area (Å²) in [6.45, 7) is 2.39. The summed E-state index contributed by atoms with van der Waals surface area (Å²) in [4.78, 5) is 11.2.